The van der Waals surface area contributed by atoms with Gasteiger partial charge in [-0.3, -0.25) is 4.99 Å². The Labute approximate surface area is 254 Å². The number of aliphatic imine (C=N–C) groups is 1. The van der Waals surface area contributed by atoms with Crippen LogP contribution >= 0.6 is 0 Å². The topological polar surface area (TPSA) is 72.1 Å². The van der Waals surface area contributed by atoms with Crippen molar-refractivity contribution in [3.05, 3.63) is 80.7 Å². The molecule has 0 atom stereocenters. The minimum Gasteiger partial charge on any atom is -0.499 e. The van der Waals surface area contributed by atoms with E-state index in [-0.39, 0.29) is 18.5 Å². The van der Waals surface area contributed by atoms with Gasteiger partial charge in [-0.15, -0.1) is 0 Å². The van der Waals surface area contributed by atoms with Crippen LogP contribution in [0.4, 0.5) is 4.39 Å². The highest BCUT2D eigenvalue weighted by Gasteiger charge is 2.24. The molecule has 2 rings (SSSR count). The lowest BCUT2D eigenvalue weighted by Gasteiger charge is -2.34. The molecular formula is C35H55FN4O2. The van der Waals surface area contributed by atoms with Gasteiger partial charge in [0.2, 0.25) is 0 Å². The fraction of sp³-hybridized carbons (Fsp3) is 0.571. The van der Waals surface area contributed by atoms with Gasteiger partial charge in [0, 0.05) is 48.1 Å². The van der Waals surface area contributed by atoms with Crippen LogP contribution in [0.15, 0.2) is 68.7 Å². The van der Waals surface area contributed by atoms with E-state index in [0.717, 1.165) is 67.1 Å². The predicted octanol–water partition coefficient (Wildman–Crippen LogP) is 7.87. The van der Waals surface area contributed by atoms with E-state index in [2.05, 4.69) is 57.8 Å². The quantitative estimate of drug-likeness (QED) is 0.114. The largest absolute Gasteiger partial charge is 0.499 e. The fourth-order valence-corrected chi connectivity index (χ4v) is 4.94. The molecule has 1 aromatic rings. The molecule has 1 aromatic carbocycles. The number of nitrogens with two attached hydrogens (primary N) is 1. The van der Waals surface area contributed by atoms with Crippen molar-refractivity contribution in [1.82, 2.24) is 10.2 Å². The molecule has 234 valence electrons. The van der Waals surface area contributed by atoms with Crippen LogP contribution in [0.25, 0.3) is 0 Å². The Morgan fingerprint density at radius 2 is 1.69 bits per heavy atom. The highest BCUT2D eigenvalue weighted by Crippen LogP contribution is 2.28. The van der Waals surface area contributed by atoms with Crippen LogP contribution in [-0.2, 0) is 21.6 Å². The Bertz CT molecular complexity index is 1230. The third-order valence-electron chi connectivity index (χ3n) is 8.55. The van der Waals surface area contributed by atoms with Gasteiger partial charge >= 0.3 is 0 Å². The lowest BCUT2D eigenvalue weighted by Crippen LogP contribution is -2.36. The van der Waals surface area contributed by atoms with Gasteiger partial charge in [0.25, 0.3) is 0 Å². The Morgan fingerprint density at radius 1 is 1.07 bits per heavy atom. The van der Waals surface area contributed by atoms with Crippen molar-refractivity contribution < 1.29 is 13.9 Å². The normalized spacial score (nSPS) is 17.5. The molecule has 0 unspecified atom stereocenters. The lowest BCUT2D eigenvalue weighted by atomic mass is 9.93. The number of halogens is 1. The van der Waals surface area contributed by atoms with Gasteiger partial charge in [0.1, 0.15) is 17.4 Å². The Kier molecular flexibility index (Phi) is 13.5. The van der Waals surface area contributed by atoms with E-state index in [1.807, 2.05) is 26.8 Å². The van der Waals surface area contributed by atoms with Crippen LogP contribution in [0, 0.1) is 5.82 Å². The number of piperidine rings is 1. The zero-order valence-electron chi connectivity index (χ0n) is 28.0. The molecule has 1 aliphatic rings. The summed E-state index contributed by atoms with van der Waals surface area (Å²) in [7, 11) is 3.50. The number of nitrogens with zero attached hydrogens (tertiary/aromatic N) is 2. The zero-order valence-corrected chi connectivity index (χ0v) is 28.0. The third kappa shape index (κ3) is 9.30. The molecule has 6 nitrogen and oxygen atoms in total. The maximum Gasteiger partial charge on any atom is 0.133 e. The van der Waals surface area contributed by atoms with Gasteiger partial charge in [-0.2, -0.15) is 0 Å². The standard InChI is InChI=1S/C35H55FN4O2/c1-12-23(3)25(5)30(21-32(27(7)41-10)40-19-17-29(42-11)18-20-40)34(39-26(6)24(4)13-2)38-22-28-15-14-16-31(33(28)36)35(8,9)37/h14-16,21,29H,12-13,17-20,22,37H2,1-11H3,(H,38,39)/b25-23?,26-24?,30-21+,32-27-. The Morgan fingerprint density at radius 3 is 2.21 bits per heavy atom. The van der Waals surface area contributed by atoms with Crippen LogP contribution in [0.1, 0.15) is 99.1 Å². The van der Waals surface area contributed by atoms with E-state index in [1.165, 1.54) is 11.1 Å². The first-order valence-electron chi connectivity index (χ1n) is 15.2. The second-order valence-corrected chi connectivity index (χ2v) is 11.9. The summed E-state index contributed by atoms with van der Waals surface area (Å²) in [5, 5.41) is 3.62. The number of methoxy groups -OCH3 is 2. The maximum absolute atomic E-state index is 15.6. The van der Waals surface area contributed by atoms with Gasteiger partial charge < -0.3 is 25.4 Å². The summed E-state index contributed by atoms with van der Waals surface area (Å²) in [5.41, 5.74) is 13.1. The summed E-state index contributed by atoms with van der Waals surface area (Å²) in [4.78, 5) is 7.44. The van der Waals surface area contributed by atoms with E-state index >= 15 is 4.39 Å². The first-order chi connectivity index (χ1) is 19.8. The third-order valence-corrected chi connectivity index (χ3v) is 8.55. The van der Waals surface area contributed by atoms with Crippen molar-refractivity contribution in [1.29, 1.82) is 0 Å². The first-order valence-corrected chi connectivity index (χ1v) is 15.2. The summed E-state index contributed by atoms with van der Waals surface area (Å²) in [6, 6.07) is 5.39. The highest BCUT2D eigenvalue weighted by molar-refractivity contribution is 6.03. The fourth-order valence-electron chi connectivity index (χ4n) is 4.94. The van der Waals surface area contributed by atoms with Gasteiger partial charge in [-0.1, -0.05) is 43.2 Å². The molecule has 0 radical (unpaired) electrons. The minimum atomic E-state index is -0.793. The monoisotopic (exact) mass is 582 g/mol. The summed E-state index contributed by atoms with van der Waals surface area (Å²) in [6.07, 6.45) is 6.18. The summed E-state index contributed by atoms with van der Waals surface area (Å²) >= 11 is 0. The number of hydrogen-bond donors (Lipinski definition) is 2. The zero-order chi connectivity index (χ0) is 31.6. The van der Waals surface area contributed by atoms with E-state index < -0.39 is 5.54 Å². The van der Waals surface area contributed by atoms with E-state index in [9.17, 15) is 0 Å². The van der Waals surface area contributed by atoms with Crippen molar-refractivity contribution in [2.45, 2.75) is 106 Å². The average Bonchev–Trinajstić information content (AvgIpc) is 2.98. The summed E-state index contributed by atoms with van der Waals surface area (Å²) < 4.78 is 27.1. The van der Waals surface area contributed by atoms with Crippen LogP contribution < -0.4 is 11.1 Å². The second kappa shape index (κ2) is 16.1. The SMILES string of the molecule is CCC(C)=C(C)NC(=NCc1cccc(C(C)(C)N)c1F)/C(=C/C(=C(\C)OC)N1CCC(OC)CC1)C(C)=C(C)CC. The summed E-state index contributed by atoms with van der Waals surface area (Å²) in [6.45, 7) is 20.3. The molecule has 0 amide bonds. The molecule has 0 saturated carbocycles. The van der Waals surface area contributed by atoms with Gasteiger partial charge in [0.05, 0.1) is 25.5 Å². The smallest absolute Gasteiger partial charge is 0.133 e. The van der Waals surface area contributed by atoms with Crippen LogP contribution in [0.3, 0.4) is 0 Å². The first kappa shape index (κ1) is 35.3. The average molecular weight is 583 g/mol. The summed E-state index contributed by atoms with van der Waals surface area (Å²) in [5.74, 6) is 1.24. The van der Waals surface area contributed by atoms with Crippen molar-refractivity contribution in [3.63, 3.8) is 0 Å². The van der Waals surface area contributed by atoms with Crippen molar-refractivity contribution >= 4 is 5.84 Å². The van der Waals surface area contributed by atoms with E-state index in [4.69, 9.17) is 20.2 Å². The van der Waals surface area contributed by atoms with Crippen LogP contribution in [0.5, 0.6) is 0 Å². The van der Waals surface area contributed by atoms with Gasteiger partial charge in [0.15, 0.2) is 0 Å². The number of ether oxygens (including phenoxy) is 2. The number of amidine groups is 1. The number of rotatable bonds is 12. The molecule has 0 aliphatic carbocycles. The number of nitrogens with one attached hydrogen (secondary N) is 1. The number of likely N-dealkylation sites (tertiary alicyclic amines) is 1. The molecule has 0 spiro atoms. The Balaban J connectivity index is 2.79. The van der Waals surface area contributed by atoms with Crippen molar-refractivity contribution in [3.8, 4) is 0 Å². The van der Waals surface area contributed by atoms with Crippen LogP contribution in [0.2, 0.25) is 0 Å². The van der Waals surface area contributed by atoms with Gasteiger partial charge in [-0.05, 0) is 85.8 Å². The Hall–Kier alpha value is -2.90. The molecule has 1 saturated heterocycles. The predicted molar refractivity (Wildman–Crippen MR) is 175 cm³/mol. The molecule has 3 N–H and O–H groups in total. The molecule has 1 aliphatic heterocycles. The second-order valence-electron chi connectivity index (χ2n) is 11.9. The molecule has 0 bridgehead atoms. The lowest BCUT2D eigenvalue weighted by molar-refractivity contribution is 0.0498. The van der Waals surface area contributed by atoms with Crippen LogP contribution in [-0.4, -0.2) is 44.1 Å². The van der Waals surface area contributed by atoms with E-state index in [1.54, 1.807) is 26.4 Å². The number of allylic oxidation sites excluding steroid dienone is 5. The van der Waals surface area contributed by atoms with E-state index in [0.29, 0.717) is 17.0 Å². The maximum atomic E-state index is 15.6. The van der Waals surface area contributed by atoms with Crippen molar-refractivity contribution in [2.24, 2.45) is 10.7 Å². The minimum absolute atomic E-state index is 0.174. The highest BCUT2D eigenvalue weighted by atomic mass is 19.1. The van der Waals surface area contributed by atoms with Gasteiger partial charge in [-0.25, -0.2) is 4.39 Å². The number of hydrogen-bond acceptors (Lipinski definition) is 5. The molecule has 1 heterocycles. The number of benzene rings is 1. The molecule has 0 aromatic heterocycles. The molecule has 1 fully saturated rings. The molecular weight excluding hydrogens is 527 g/mol. The van der Waals surface area contributed by atoms with Crippen molar-refractivity contribution in [2.75, 3.05) is 27.3 Å². The molecule has 7 heteroatoms. The molecule has 42 heavy (non-hydrogen) atoms.